The molecular weight excluding hydrogens is 309 g/mol. The lowest BCUT2D eigenvalue weighted by atomic mass is 10.2. The van der Waals surface area contributed by atoms with Gasteiger partial charge >= 0.3 is 0 Å². The molecule has 0 unspecified atom stereocenters. The SMILES string of the molecule is CCc1ccc(C)[n+](CC(=O)NCC(=O)Nc2ccc(F)cc2)c1. The molecule has 0 aliphatic rings. The molecule has 0 saturated carbocycles. The number of anilines is 1. The topological polar surface area (TPSA) is 62.1 Å². The predicted molar refractivity (Wildman–Crippen MR) is 88.8 cm³/mol. The zero-order valence-electron chi connectivity index (χ0n) is 13.8. The minimum Gasteiger partial charge on any atom is -0.342 e. The number of aryl methyl sites for hydroxylation is 2. The number of carbonyl (C=O) groups is 2. The van der Waals surface area contributed by atoms with Crippen molar-refractivity contribution < 1.29 is 18.5 Å². The summed E-state index contributed by atoms with van der Waals surface area (Å²) in [7, 11) is 0. The molecule has 2 aromatic rings. The highest BCUT2D eigenvalue weighted by Gasteiger charge is 2.14. The Bertz CT molecular complexity index is 730. The van der Waals surface area contributed by atoms with E-state index in [0.717, 1.165) is 17.7 Å². The number of benzene rings is 1. The van der Waals surface area contributed by atoms with Gasteiger partial charge in [0.15, 0.2) is 11.9 Å². The van der Waals surface area contributed by atoms with Gasteiger partial charge in [0.05, 0.1) is 6.54 Å². The van der Waals surface area contributed by atoms with E-state index in [0.29, 0.717) is 5.69 Å². The standard InChI is InChI=1S/C18H20FN3O2/c1-3-14-5-4-13(2)22(11-14)12-18(24)20-10-17(23)21-16-8-6-15(19)7-9-16/h4-9,11H,3,10,12H2,1-2H3,(H-,20,21,23,24)/p+1. The highest BCUT2D eigenvalue weighted by molar-refractivity contribution is 5.94. The highest BCUT2D eigenvalue weighted by atomic mass is 19.1. The van der Waals surface area contributed by atoms with E-state index >= 15 is 0 Å². The fraction of sp³-hybridized carbons (Fsp3) is 0.278. The predicted octanol–water partition coefficient (Wildman–Crippen LogP) is 1.74. The molecule has 0 bridgehead atoms. The van der Waals surface area contributed by atoms with Crippen molar-refractivity contribution in [2.45, 2.75) is 26.8 Å². The number of nitrogens with zero attached hydrogens (tertiary/aromatic N) is 1. The first-order chi connectivity index (χ1) is 11.5. The Morgan fingerprint density at radius 2 is 1.79 bits per heavy atom. The van der Waals surface area contributed by atoms with Crippen molar-refractivity contribution in [3.63, 3.8) is 0 Å². The van der Waals surface area contributed by atoms with Crippen LogP contribution in [0.25, 0.3) is 0 Å². The van der Waals surface area contributed by atoms with Crippen LogP contribution in [0, 0.1) is 12.7 Å². The molecule has 1 aromatic carbocycles. The van der Waals surface area contributed by atoms with Gasteiger partial charge in [0.2, 0.25) is 12.5 Å². The van der Waals surface area contributed by atoms with Gasteiger partial charge in [0.25, 0.3) is 5.91 Å². The van der Waals surface area contributed by atoms with Gasteiger partial charge in [0, 0.05) is 24.2 Å². The van der Waals surface area contributed by atoms with Crippen molar-refractivity contribution in [3.05, 3.63) is 59.7 Å². The highest BCUT2D eigenvalue weighted by Crippen LogP contribution is 2.07. The zero-order valence-corrected chi connectivity index (χ0v) is 13.8. The summed E-state index contributed by atoms with van der Waals surface area (Å²) < 4.78 is 14.7. The van der Waals surface area contributed by atoms with Crippen molar-refractivity contribution in [1.29, 1.82) is 0 Å². The average molecular weight is 330 g/mol. The second kappa shape index (κ2) is 8.19. The van der Waals surface area contributed by atoms with E-state index < -0.39 is 0 Å². The number of carbonyl (C=O) groups excluding carboxylic acids is 2. The van der Waals surface area contributed by atoms with Crippen LogP contribution >= 0.6 is 0 Å². The van der Waals surface area contributed by atoms with Gasteiger partial charge in [0.1, 0.15) is 5.82 Å². The summed E-state index contributed by atoms with van der Waals surface area (Å²) in [5.74, 6) is -0.979. The van der Waals surface area contributed by atoms with Crippen LogP contribution in [0.5, 0.6) is 0 Å². The maximum Gasteiger partial charge on any atom is 0.286 e. The summed E-state index contributed by atoms with van der Waals surface area (Å²) in [5, 5.41) is 5.17. The molecule has 24 heavy (non-hydrogen) atoms. The van der Waals surface area contributed by atoms with Gasteiger partial charge in [-0.25, -0.2) is 4.39 Å². The van der Waals surface area contributed by atoms with Gasteiger partial charge in [-0.05, 0) is 36.8 Å². The second-order valence-corrected chi connectivity index (χ2v) is 5.49. The molecule has 0 aliphatic heterocycles. The van der Waals surface area contributed by atoms with Crippen LogP contribution in [-0.2, 0) is 22.6 Å². The van der Waals surface area contributed by atoms with E-state index in [9.17, 15) is 14.0 Å². The lowest BCUT2D eigenvalue weighted by molar-refractivity contribution is -0.690. The van der Waals surface area contributed by atoms with Crippen LogP contribution < -0.4 is 15.2 Å². The molecule has 0 fully saturated rings. The van der Waals surface area contributed by atoms with Crippen LogP contribution in [0.4, 0.5) is 10.1 Å². The van der Waals surface area contributed by atoms with Crippen molar-refractivity contribution in [3.8, 4) is 0 Å². The maximum atomic E-state index is 12.8. The van der Waals surface area contributed by atoms with Crippen LogP contribution in [-0.4, -0.2) is 18.4 Å². The smallest absolute Gasteiger partial charge is 0.286 e. The molecule has 0 saturated heterocycles. The van der Waals surface area contributed by atoms with Crippen molar-refractivity contribution >= 4 is 17.5 Å². The van der Waals surface area contributed by atoms with Gasteiger partial charge in [-0.1, -0.05) is 6.92 Å². The molecule has 2 rings (SSSR count). The van der Waals surface area contributed by atoms with Gasteiger partial charge < -0.3 is 10.6 Å². The monoisotopic (exact) mass is 330 g/mol. The van der Waals surface area contributed by atoms with Gasteiger partial charge in [-0.2, -0.15) is 4.57 Å². The summed E-state index contributed by atoms with van der Waals surface area (Å²) >= 11 is 0. The quantitative estimate of drug-likeness (QED) is 0.793. The maximum absolute atomic E-state index is 12.8. The molecule has 0 atom stereocenters. The number of amides is 2. The van der Waals surface area contributed by atoms with E-state index in [1.54, 1.807) is 0 Å². The van der Waals surface area contributed by atoms with Crippen LogP contribution in [0.1, 0.15) is 18.2 Å². The third-order valence-electron chi connectivity index (χ3n) is 3.61. The largest absolute Gasteiger partial charge is 0.342 e. The van der Waals surface area contributed by atoms with E-state index in [-0.39, 0.29) is 30.7 Å². The summed E-state index contributed by atoms with van der Waals surface area (Å²) in [6, 6.07) is 9.44. The lowest BCUT2D eigenvalue weighted by Gasteiger charge is -2.07. The summed E-state index contributed by atoms with van der Waals surface area (Å²) in [6.07, 6.45) is 2.83. The molecule has 1 aromatic heterocycles. The Morgan fingerprint density at radius 3 is 2.46 bits per heavy atom. The number of hydrogen-bond donors (Lipinski definition) is 2. The Kier molecular flexibility index (Phi) is 6.01. The van der Waals surface area contributed by atoms with E-state index in [1.807, 2.05) is 29.8 Å². The first kappa shape index (κ1) is 17.6. The molecular formula is C18H21FN3O2+. The van der Waals surface area contributed by atoms with Gasteiger partial charge in [-0.15, -0.1) is 0 Å². The molecule has 0 aliphatic carbocycles. The molecule has 126 valence electrons. The molecule has 2 amide bonds. The third-order valence-corrected chi connectivity index (χ3v) is 3.61. The summed E-state index contributed by atoms with van der Waals surface area (Å²) in [4.78, 5) is 23.8. The van der Waals surface area contributed by atoms with E-state index in [2.05, 4.69) is 17.6 Å². The van der Waals surface area contributed by atoms with Crippen LogP contribution in [0.2, 0.25) is 0 Å². The first-order valence-electron chi connectivity index (χ1n) is 7.79. The van der Waals surface area contributed by atoms with Gasteiger partial charge in [-0.3, -0.25) is 9.59 Å². The average Bonchev–Trinajstić information content (AvgIpc) is 2.57. The second-order valence-electron chi connectivity index (χ2n) is 5.49. The summed E-state index contributed by atoms with van der Waals surface area (Å²) in [6.45, 7) is 4.00. The molecule has 1 heterocycles. The Labute approximate surface area is 140 Å². The lowest BCUT2D eigenvalue weighted by Crippen LogP contribution is -2.46. The van der Waals surface area contributed by atoms with Crippen molar-refractivity contribution in [2.24, 2.45) is 0 Å². The summed E-state index contributed by atoms with van der Waals surface area (Å²) in [5.41, 5.74) is 2.59. The minimum absolute atomic E-state index is 0.136. The fourth-order valence-corrected chi connectivity index (χ4v) is 2.18. The Balaban J connectivity index is 1.84. The number of rotatable bonds is 6. The number of aromatic nitrogens is 1. The number of halogens is 1. The normalized spacial score (nSPS) is 10.3. The Hall–Kier alpha value is -2.76. The first-order valence-corrected chi connectivity index (χ1v) is 7.79. The molecule has 2 N–H and O–H groups in total. The van der Waals surface area contributed by atoms with Crippen molar-refractivity contribution in [2.75, 3.05) is 11.9 Å². The van der Waals surface area contributed by atoms with Crippen LogP contribution in [0.15, 0.2) is 42.6 Å². The third kappa shape index (κ3) is 5.15. The molecule has 0 radical (unpaired) electrons. The van der Waals surface area contributed by atoms with E-state index in [4.69, 9.17) is 0 Å². The molecule has 0 spiro atoms. The Morgan fingerprint density at radius 1 is 1.08 bits per heavy atom. The molecule has 5 nitrogen and oxygen atoms in total. The van der Waals surface area contributed by atoms with E-state index in [1.165, 1.54) is 24.3 Å². The van der Waals surface area contributed by atoms with Crippen LogP contribution in [0.3, 0.4) is 0 Å². The number of pyridine rings is 1. The number of nitrogens with one attached hydrogen (secondary N) is 2. The molecule has 6 heteroatoms. The minimum atomic E-state index is -0.372. The number of hydrogen-bond acceptors (Lipinski definition) is 2. The fourth-order valence-electron chi connectivity index (χ4n) is 2.18. The zero-order chi connectivity index (χ0) is 17.5. The van der Waals surface area contributed by atoms with Crippen molar-refractivity contribution in [1.82, 2.24) is 5.32 Å².